The van der Waals surface area contributed by atoms with Crippen molar-refractivity contribution in [1.29, 1.82) is 0 Å². The van der Waals surface area contributed by atoms with Gasteiger partial charge in [-0.2, -0.15) is 11.3 Å². The van der Waals surface area contributed by atoms with Crippen LogP contribution in [0.5, 0.6) is 5.75 Å². The molecule has 0 spiro atoms. The molecule has 186 valence electrons. The number of aromatic amines is 1. The molecular formula is C29H34BN3O2S. The number of methoxy groups -OCH3 is 1. The minimum atomic E-state index is 0.0252. The highest BCUT2D eigenvalue weighted by molar-refractivity contribution is 7.08. The van der Waals surface area contributed by atoms with Gasteiger partial charge in [-0.3, -0.25) is 4.79 Å². The molecule has 2 aliphatic rings. The van der Waals surface area contributed by atoms with Crippen LogP contribution in [0.3, 0.4) is 0 Å². The number of H-pyrrole nitrogens is 1. The van der Waals surface area contributed by atoms with Crippen LogP contribution in [0.2, 0.25) is 6.32 Å². The van der Waals surface area contributed by atoms with Crippen LogP contribution in [0, 0.1) is 5.41 Å². The van der Waals surface area contributed by atoms with E-state index in [0.29, 0.717) is 5.57 Å². The summed E-state index contributed by atoms with van der Waals surface area (Å²) in [4.78, 5) is 20.9. The first kappa shape index (κ1) is 24.5. The number of rotatable bonds is 8. The first-order valence-corrected chi connectivity index (χ1v) is 13.5. The molecule has 0 atom stereocenters. The molecular weight excluding hydrogens is 465 g/mol. The number of anilines is 1. The SMILES string of the molecule is C=C(C(=O)N(C)CC1(C)CCC1)C1=C(N(C)c2ccsc2)c2cc(-c3cc[nH]c3)c(OC)cc2BC1. The van der Waals surface area contributed by atoms with Crippen LogP contribution in [0.1, 0.15) is 31.7 Å². The number of carbonyl (C=O) groups is 1. The smallest absolute Gasteiger partial charge is 0.253 e. The second kappa shape index (κ2) is 9.70. The fourth-order valence-electron chi connectivity index (χ4n) is 5.67. The fourth-order valence-corrected chi connectivity index (χ4v) is 6.34. The predicted octanol–water partition coefficient (Wildman–Crippen LogP) is 5.30. The lowest BCUT2D eigenvalue weighted by Crippen LogP contribution is -2.42. The summed E-state index contributed by atoms with van der Waals surface area (Å²) in [7, 11) is 6.57. The van der Waals surface area contributed by atoms with Crippen LogP contribution in [0.15, 0.2) is 65.1 Å². The average Bonchev–Trinajstić information content (AvgIpc) is 3.59. The van der Waals surface area contributed by atoms with Crippen LogP contribution in [-0.4, -0.2) is 50.8 Å². The Balaban J connectivity index is 1.60. The number of benzene rings is 1. The number of ether oxygens (including phenoxy) is 1. The number of hydrogen-bond donors (Lipinski definition) is 1. The molecule has 0 saturated heterocycles. The quantitative estimate of drug-likeness (QED) is 0.338. The maximum absolute atomic E-state index is 13.6. The van der Waals surface area contributed by atoms with Crippen LogP contribution < -0.4 is 15.1 Å². The van der Waals surface area contributed by atoms with Crippen LogP contribution in [-0.2, 0) is 4.79 Å². The molecule has 1 saturated carbocycles. The Bertz CT molecular complexity index is 1310. The van der Waals surface area contributed by atoms with E-state index in [-0.39, 0.29) is 11.3 Å². The summed E-state index contributed by atoms with van der Waals surface area (Å²) in [5.41, 5.74) is 8.47. The number of fused-ring (bicyclic) bond motifs is 1. The lowest BCUT2D eigenvalue weighted by Gasteiger charge is -2.41. The standard InChI is InChI=1S/C29H34BN3O2S/c1-19(28(34)32(3)18-29(2)9-6-10-29)24-15-30-25-14-26(35-5)22(20-7-11-31-16-20)13-23(25)27(24)33(4)21-8-12-36-17-21/h7-8,11-14,16-17,30-31H,1,6,9-10,15,18H2,2-5H3. The van der Waals surface area contributed by atoms with Gasteiger partial charge in [0.15, 0.2) is 7.28 Å². The predicted molar refractivity (Wildman–Crippen MR) is 153 cm³/mol. The number of carbonyl (C=O) groups excluding carboxylic acids is 1. The molecule has 0 radical (unpaired) electrons. The lowest BCUT2D eigenvalue weighted by molar-refractivity contribution is -0.127. The van der Waals surface area contributed by atoms with Crippen molar-refractivity contribution in [3.8, 4) is 16.9 Å². The van der Waals surface area contributed by atoms with Gasteiger partial charge < -0.3 is 19.5 Å². The maximum atomic E-state index is 13.6. The van der Waals surface area contributed by atoms with Gasteiger partial charge in [-0.05, 0) is 65.4 Å². The van der Waals surface area contributed by atoms with Crippen LogP contribution in [0.25, 0.3) is 16.8 Å². The molecule has 5 rings (SSSR count). The second-order valence-electron chi connectivity index (χ2n) is 10.5. The highest BCUT2D eigenvalue weighted by atomic mass is 32.1. The van der Waals surface area contributed by atoms with Gasteiger partial charge >= 0.3 is 0 Å². The van der Waals surface area contributed by atoms with Crippen molar-refractivity contribution in [3.63, 3.8) is 0 Å². The largest absolute Gasteiger partial charge is 0.496 e. The monoisotopic (exact) mass is 499 g/mol. The average molecular weight is 499 g/mol. The highest BCUT2D eigenvalue weighted by Gasteiger charge is 2.35. The van der Waals surface area contributed by atoms with Crippen LogP contribution >= 0.6 is 11.3 Å². The van der Waals surface area contributed by atoms with Gasteiger partial charge in [0.1, 0.15) is 5.75 Å². The molecule has 0 bridgehead atoms. The Morgan fingerprint density at radius 2 is 2.06 bits per heavy atom. The molecule has 1 N–H and O–H groups in total. The first-order valence-electron chi connectivity index (χ1n) is 12.6. The topological polar surface area (TPSA) is 48.6 Å². The van der Waals surface area contributed by atoms with E-state index in [2.05, 4.69) is 65.5 Å². The zero-order chi connectivity index (χ0) is 25.4. The molecule has 3 heterocycles. The third-order valence-electron chi connectivity index (χ3n) is 7.90. The van der Waals surface area contributed by atoms with Crippen molar-refractivity contribution in [1.82, 2.24) is 9.88 Å². The number of likely N-dealkylation sites (N-methyl/N-ethyl adjacent to an activating group) is 1. The van der Waals surface area contributed by atoms with E-state index >= 15 is 0 Å². The van der Waals surface area contributed by atoms with E-state index in [1.54, 1.807) is 18.4 Å². The summed E-state index contributed by atoms with van der Waals surface area (Å²) in [6.07, 6.45) is 8.29. The summed E-state index contributed by atoms with van der Waals surface area (Å²) >= 11 is 1.67. The van der Waals surface area contributed by atoms with Gasteiger partial charge in [-0.1, -0.05) is 25.4 Å². The zero-order valence-electron chi connectivity index (χ0n) is 21.7. The van der Waals surface area contributed by atoms with E-state index in [1.807, 2.05) is 24.3 Å². The molecule has 1 amide bonds. The van der Waals surface area contributed by atoms with Crippen molar-refractivity contribution in [3.05, 3.63) is 70.7 Å². The number of amides is 1. The van der Waals surface area contributed by atoms with Crippen molar-refractivity contribution < 1.29 is 9.53 Å². The van der Waals surface area contributed by atoms with Crippen molar-refractivity contribution in [2.75, 3.05) is 32.6 Å². The normalized spacial score (nSPS) is 16.0. The highest BCUT2D eigenvalue weighted by Crippen LogP contribution is 2.42. The Morgan fingerprint density at radius 3 is 2.67 bits per heavy atom. The second-order valence-corrected chi connectivity index (χ2v) is 11.3. The van der Waals surface area contributed by atoms with Crippen molar-refractivity contribution in [2.45, 2.75) is 32.5 Å². The summed E-state index contributed by atoms with van der Waals surface area (Å²) < 4.78 is 5.79. The van der Waals surface area contributed by atoms with Crippen molar-refractivity contribution >= 4 is 41.4 Å². The minimum absolute atomic E-state index is 0.0252. The number of nitrogens with one attached hydrogen (secondary N) is 1. The van der Waals surface area contributed by atoms with E-state index in [4.69, 9.17) is 4.74 Å². The Hall–Kier alpha value is -3.19. The van der Waals surface area contributed by atoms with Gasteiger partial charge in [0.25, 0.3) is 5.91 Å². The number of nitrogens with zero attached hydrogens (tertiary/aromatic N) is 2. The molecule has 2 aromatic heterocycles. The third-order valence-corrected chi connectivity index (χ3v) is 8.57. The zero-order valence-corrected chi connectivity index (χ0v) is 22.5. The fraction of sp³-hybridized carbons (Fsp3) is 0.345. The summed E-state index contributed by atoms with van der Waals surface area (Å²) in [5.74, 6) is 0.884. The molecule has 36 heavy (non-hydrogen) atoms. The molecule has 1 aliphatic heterocycles. The summed E-state index contributed by atoms with van der Waals surface area (Å²) in [6, 6.07) is 8.54. The molecule has 1 aliphatic carbocycles. The number of aromatic nitrogens is 1. The lowest BCUT2D eigenvalue weighted by atomic mass is 9.58. The first-order chi connectivity index (χ1) is 17.3. The van der Waals surface area contributed by atoms with Gasteiger partial charge in [0, 0.05) is 55.1 Å². The van der Waals surface area contributed by atoms with Crippen molar-refractivity contribution in [2.24, 2.45) is 5.41 Å². The van der Waals surface area contributed by atoms with Gasteiger partial charge in [-0.15, -0.1) is 0 Å². The number of thiophene rings is 1. The van der Waals surface area contributed by atoms with Crippen LogP contribution in [0.4, 0.5) is 5.69 Å². The van der Waals surface area contributed by atoms with E-state index in [1.165, 1.54) is 24.7 Å². The summed E-state index contributed by atoms with van der Waals surface area (Å²) in [6.45, 7) is 7.42. The van der Waals surface area contributed by atoms with E-state index < -0.39 is 0 Å². The minimum Gasteiger partial charge on any atom is -0.496 e. The molecule has 0 unspecified atom stereocenters. The van der Waals surface area contributed by atoms with E-state index in [9.17, 15) is 4.79 Å². The molecule has 7 heteroatoms. The van der Waals surface area contributed by atoms with Gasteiger partial charge in [0.2, 0.25) is 0 Å². The van der Waals surface area contributed by atoms with Gasteiger partial charge in [0.05, 0.1) is 18.5 Å². The maximum Gasteiger partial charge on any atom is 0.253 e. The summed E-state index contributed by atoms with van der Waals surface area (Å²) in [5, 5.41) is 4.23. The Morgan fingerprint density at radius 1 is 1.25 bits per heavy atom. The molecule has 1 fully saturated rings. The third kappa shape index (κ3) is 4.41. The van der Waals surface area contributed by atoms with Gasteiger partial charge in [-0.25, -0.2) is 0 Å². The van der Waals surface area contributed by atoms with E-state index in [0.717, 1.165) is 59.5 Å². The molecule has 3 aromatic rings. The molecule has 5 nitrogen and oxygen atoms in total. The Kier molecular flexibility index (Phi) is 6.60. The molecule has 1 aromatic carbocycles. The number of hydrogen-bond acceptors (Lipinski definition) is 4. The Labute approximate surface area is 218 Å².